The van der Waals surface area contributed by atoms with Gasteiger partial charge in [0.15, 0.2) is 11.6 Å². The standard InChI is InChI=1S/C21H25N5O5S2/c1-14-20(15(2)30-23-14)33(28,29)26-10-6-9-25(11-12-26)21(27)17-7-4-5-8-18(17)32-13-19-22-16(3)31-24-19/h4-5,7-8H,6,9-13H2,1-3H3. The Kier molecular flexibility index (Phi) is 6.86. The lowest BCUT2D eigenvalue weighted by Crippen LogP contribution is -2.37. The van der Waals surface area contributed by atoms with Crippen molar-refractivity contribution in [1.82, 2.24) is 24.5 Å². The average molecular weight is 492 g/mol. The monoisotopic (exact) mass is 491 g/mol. The molecule has 10 nitrogen and oxygen atoms in total. The second kappa shape index (κ2) is 9.65. The minimum Gasteiger partial charge on any atom is -0.360 e. The van der Waals surface area contributed by atoms with Gasteiger partial charge >= 0.3 is 0 Å². The molecule has 176 valence electrons. The summed E-state index contributed by atoms with van der Waals surface area (Å²) in [5.41, 5.74) is 0.914. The van der Waals surface area contributed by atoms with Crippen molar-refractivity contribution in [3.8, 4) is 0 Å². The van der Waals surface area contributed by atoms with E-state index in [1.807, 2.05) is 18.2 Å². The molecule has 3 heterocycles. The highest BCUT2D eigenvalue weighted by Gasteiger charge is 2.33. The van der Waals surface area contributed by atoms with Crippen molar-refractivity contribution in [2.24, 2.45) is 0 Å². The Hall–Kier alpha value is -2.70. The Balaban J connectivity index is 1.47. The number of benzene rings is 1. The minimum absolute atomic E-state index is 0.112. The SMILES string of the molecule is Cc1nc(CSc2ccccc2C(=O)N2CCCN(S(=O)(=O)c3c(C)noc3C)CC2)no1. The van der Waals surface area contributed by atoms with Crippen LogP contribution in [0.3, 0.4) is 0 Å². The smallest absolute Gasteiger partial charge is 0.255 e. The van der Waals surface area contributed by atoms with E-state index in [1.54, 1.807) is 31.7 Å². The van der Waals surface area contributed by atoms with Crippen LogP contribution in [-0.2, 0) is 15.8 Å². The van der Waals surface area contributed by atoms with Gasteiger partial charge in [-0.05, 0) is 32.4 Å². The van der Waals surface area contributed by atoms with Crippen molar-refractivity contribution in [2.75, 3.05) is 26.2 Å². The van der Waals surface area contributed by atoms with Gasteiger partial charge in [-0.25, -0.2) is 8.42 Å². The van der Waals surface area contributed by atoms with Crippen LogP contribution in [0.5, 0.6) is 0 Å². The third-order valence-corrected chi connectivity index (χ3v) is 8.56. The molecule has 0 aliphatic carbocycles. The highest BCUT2D eigenvalue weighted by molar-refractivity contribution is 7.98. The predicted octanol–water partition coefficient (Wildman–Crippen LogP) is 2.81. The summed E-state index contributed by atoms with van der Waals surface area (Å²) in [5, 5.41) is 7.67. The number of carbonyl (C=O) groups is 1. The first-order valence-electron chi connectivity index (χ1n) is 10.5. The van der Waals surface area contributed by atoms with Crippen molar-refractivity contribution in [3.63, 3.8) is 0 Å². The average Bonchev–Trinajstić information content (AvgIpc) is 3.25. The van der Waals surface area contributed by atoms with Crippen molar-refractivity contribution < 1.29 is 22.3 Å². The molecular formula is C21H25N5O5S2. The first kappa shape index (κ1) is 23.5. The maximum absolute atomic E-state index is 13.4. The van der Waals surface area contributed by atoms with Gasteiger partial charge in [0.05, 0.1) is 11.3 Å². The van der Waals surface area contributed by atoms with Gasteiger partial charge in [0.1, 0.15) is 10.6 Å². The van der Waals surface area contributed by atoms with Gasteiger partial charge in [-0.3, -0.25) is 4.79 Å². The number of carbonyl (C=O) groups excluding carboxylic acids is 1. The number of aryl methyl sites for hydroxylation is 3. The van der Waals surface area contributed by atoms with E-state index in [1.165, 1.54) is 16.1 Å². The molecule has 0 radical (unpaired) electrons. The van der Waals surface area contributed by atoms with E-state index in [2.05, 4.69) is 15.3 Å². The lowest BCUT2D eigenvalue weighted by Gasteiger charge is -2.22. The van der Waals surface area contributed by atoms with Crippen LogP contribution in [0.25, 0.3) is 0 Å². The van der Waals surface area contributed by atoms with Gasteiger partial charge in [0.2, 0.25) is 15.9 Å². The lowest BCUT2D eigenvalue weighted by molar-refractivity contribution is 0.0760. The molecule has 12 heteroatoms. The number of hydrogen-bond donors (Lipinski definition) is 0. The number of thioether (sulfide) groups is 1. The van der Waals surface area contributed by atoms with Crippen LogP contribution in [0, 0.1) is 20.8 Å². The fourth-order valence-corrected chi connectivity index (χ4v) is 6.44. The van der Waals surface area contributed by atoms with Crippen LogP contribution in [0.15, 0.2) is 43.1 Å². The van der Waals surface area contributed by atoms with Gasteiger partial charge < -0.3 is 13.9 Å². The van der Waals surface area contributed by atoms with Crippen molar-refractivity contribution >= 4 is 27.7 Å². The van der Waals surface area contributed by atoms with E-state index in [9.17, 15) is 13.2 Å². The fraction of sp³-hybridized carbons (Fsp3) is 0.429. The van der Waals surface area contributed by atoms with Gasteiger partial charge in [-0.2, -0.15) is 9.29 Å². The van der Waals surface area contributed by atoms with E-state index < -0.39 is 10.0 Å². The topological polar surface area (TPSA) is 123 Å². The van der Waals surface area contributed by atoms with Crippen LogP contribution in [0.4, 0.5) is 0 Å². The predicted molar refractivity (Wildman–Crippen MR) is 120 cm³/mol. The molecule has 0 bridgehead atoms. The summed E-state index contributed by atoms with van der Waals surface area (Å²) in [6, 6.07) is 7.37. The van der Waals surface area contributed by atoms with Crippen molar-refractivity contribution in [2.45, 2.75) is 42.7 Å². The van der Waals surface area contributed by atoms with Crippen molar-refractivity contribution in [1.29, 1.82) is 0 Å². The number of amides is 1. The summed E-state index contributed by atoms with van der Waals surface area (Å²) < 4.78 is 37.8. The summed E-state index contributed by atoms with van der Waals surface area (Å²) in [4.78, 5) is 20.2. The molecule has 1 aliphatic rings. The van der Waals surface area contributed by atoms with Gasteiger partial charge in [0.25, 0.3) is 5.91 Å². The second-order valence-electron chi connectivity index (χ2n) is 7.72. The molecule has 1 fully saturated rings. The van der Waals surface area contributed by atoms with Crippen LogP contribution < -0.4 is 0 Å². The van der Waals surface area contributed by atoms with Crippen LogP contribution in [-0.4, -0.2) is 65.0 Å². The molecule has 1 aliphatic heterocycles. The summed E-state index contributed by atoms with van der Waals surface area (Å²) in [5.74, 6) is 1.68. The Morgan fingerprint density at radius 1 is 1.06 bits per heavy atom. The maximum atomic E-state index is 13.4. The lowest BCUT2D eigenvalue weighted by atomic mass is 10.2. The van der Waals surface area contributed by atoms with Gasteiger partial charge in [0, 0.05) is 38.0 Å². The Bertz CT molecular complexity index is 1230. The Labute approximate surface area is 196 Å². The number of hydrogen-bond acceptors (Lipinski definition) is 9. The molecule has 1 saturated heterocycles. The summed E-state index contributed by atoms with van der Waals surface area (Å²) in [6.07, 6.45) is 0.534. The molecule has 0 unspecified atom stereocenters. The second-order valence-corrected chi connectivity index (χ2v) is 10.6. The van der Waals surface area contributed by atoms with Gasteiger partial charge in [-0.15, -0.1) is 11.8 Å². The molecule has 2 aromatic heterocycles. The molecule has 4 rings (SSSR count). The maximum Gasteiger partial charge on any atom is 0.255 e. The number of rotatable bonds is 6. The van der Waals surface area contributed by atoms with Crippen LogP contribution >= 0.6 is 11.8 Å². The number of sulfonamides is 1. The summed E-state index contributed by atoms with van der Waals surface area (Å²) in [7, 11) is -3.75. The van der Waals surface area contributed by atoms with E-state index >= 15 is 0 Å². The van der Waals surface area contributed by atoms with Crippen LogP contribution in [0.2, 0.25) is 0 Å². The highest BCUT2D eigenvalue weighted by atomic mass is 32.2. The third kappa shape index (κ3) is 4.97. The van der Waals surface area contributed by atoms with E-state index in [-0.39, 0.29) is 23.1 Å². The summed E-state index contributed by atoms with van der Waals surface area (Å²) in [6.45, 7) is 6.22. The van der Waals surface area contributed by atoms with E-state index in [0.717, 1.165) is 4.90 Å². The van der Waals surface area contributed by atoms with Gasteiger partial charge in [-0.1, -0.05) is 22.4 Å². The molecule has 0 N–H and O–H groups in total. The molecule has 1 amide bonds. The first-order valence-corrected chi connectivity index (χ1v) is 12.9. The van der Waals surface area contributed by atoms with E-state index in [0.29, 0.717) is 54.8 Å². The van der Waals surface area contributed by atoms with Crippen LogP contribution in [0.1, 0.15) is 39.9 Å². The molecule has 0 saturated carbocycles. The third-order valence-electron chi connectivity index (χ3n) is 5.35. The fourth-order valence-electron chi connectivity index (χ4n) is 3.79. The number of aromatic nitrogens is 3. The van der Waals surface area contributed by atoms with E-state index in [4.69, 9.17) is 9.05 Å². The molecule has 33 heavy (non-hydrogen) atoms. The quantitative estimate of drug-likeness (QED) is 0.479. The molecule has 1 aromatic carbocycles. The summed E-state index contributed by atoms with van der Waals surface area (Å²) >= 11 is 1.46. The normalized spacial score (nSPS) is 15.5. The highest BCUT2D eigenvalue weighted by Crippen LogP contribution is 2.28. The largest absolute Gasteiger partial charge is 0.360 e. The molecule has 3 aromatic rings. The zero-order chi connectivity index (χ0) is 23.6. The Morgan fingerprint density at radius 2 is 1.85 bits per heavy atom. The number of nitrogens with zero attached hydrogens (tertiary/aromatic N) is 5. The van der Waals surface area contributed by atoms with Crippen molar-refractivity contribution in [3.05, 3.63) is 53.0 Å². The minimum atomic E-state index is -3.75. The zero-order valence-corrected chi connectivity index (χ0v) is 20.3. The first-order chi connectivity index (χ1) is 15.8. The molecular weight excluding hydrogens is 466 g/mol. The molecule has 0 atom stereocenters. The molecule has 0 spiro atoms. The Morgan fingerprint density at radius 3 is 2.55 bits per heavy atom. The zero-order valence-electron chi connectivity index (χ0n) is 18.6.